The lowest BCUT2D eigenvalue weighted by molar-refractivity contribution is -0.156. The molecule has 0 saturated heterocycles. The van der Waals surface area contributed by atoms with E-state index in [-0.39, 0.29) is 0 Å². The molecule has 0 amide bonds. The predicted molar refractivity (Wildman–Crippen MR) is 172 cm³/mol. The molecule has 0 rings (SSSR count). The molecule has 0 aromatic carbocycles. The van der Waals surface area contributed by atoms with Gasteiger partial charge in [-0.1, -0.05) is 62.3 Å². The molecule has 0 aliphatic carbocycles. The molecule has 0 N–H and O–H groups in total. The van der Waals surface area contributed by atoms with Crippen molar-refractivity contribution < 1.29 is 54.3 Å². The standard InChI is InChI=1S/3C11H20O4.Al/c3*1-4-7-15-11(5-2,6-3)9(12)8-10(13)14;/h3*4-8H2,1-3H3,(H,13,14);/q;;;+3/p-3. The van der Waals surface area contributed by atoms with Gasteiger partial charge < -0.3 is 25.6 Å². The third-order valence-corrected chi connectivity index (χ3v) is 9.66. The largest absolute Gasteiger partial charge is 1.20 e. The summed E-state index contributed by atoms with van der Waals surface area (Å²) in [6.45, 7) is 17.2. The Hall–Kier alpha value is -2.17. The van der Waals surface area contributed by atoms with E-state index in [9.17, 15) is 28.8 Å². The van der Waals surface area contributed by atoms with Crippen molar-refractivity contribution in [3.05, 3.63) is 0 Å². The molecule has 0 spiro atoms. The van der Waals surface area contributed by atoms with E-state index in [1.54, 1.807) is 41.5 Å². The Morgan fingerprint density at radius 2 is 0.630 bits per heavy atom. The summed E-state index contributed by atoms with van der Waals surface area (Å²) in [6.07, 6.45) is 1.74. The van der Waals surface area contributed by atoms with Crippen molar-refractivity contribution in [1.82, 2.24) is 0 Å². The number of rotatable bonds is 27. The maximum atomic E-state index is 13.1. The van der Waals surface area contributed by atoms with Crippen LogP contribution in [0.15, 0.2) is 0 Å². The minimum absolute atomic E-state index is 0.315. The first-order valence-electron chi connectivity index (χ1n) is 16.9. The quantitative estimate of drug-likeness (QED) is 0.0806. The van der Waals surface area contributed by atoms with Gasteiger partial charge in [0.05, 0.1) is 0 Å². The van der Waals surface area contributed by atoms with Crippen molar-refractivity contribution in [1.29, 1.82) is 0 Å². The fraction of sp³-hybridized carbons (Fsp3) is 0.818. The van der Waals surface area contributed by atoms with Gasteiger partial charge in [-0.05, 0) is 57.8 Å². The second kappa shape index (κ2) is 22.4. The van der Waals surface area contributed by atoms with E-state index in [1.165, 1.54) is 0 Å². The Kier molecular flexibility index (Phi) is 21.4. The summed E-state index contributed by atoms with van der Waals surface area (Å²) in [7, 11) is 0. The van der Waals surface area contributed by atoms with Crippen LogP contribution in [0.3, 0.4) is 0 Å². The van der Waals surface area contributed by atoms with Crippen LogP contribution in [0.4, 0.5) is 0 Å². The third kappa shape index (κ3) is 13.1. The van der Waals surface area contributed by atoms with Crippen LogP contribution in [0, 0.1) is 0 Å². The second-order valence-corrected chi connectivity index (χ2v) is 12.5. The Morgan fingerprint density at radius 3 is 0.804 bits per heavy atom. The second-order valence-electron chi connectivity index (χ2n) is 11.2. The Labute approximate surface area is 280 Å². The van der Waals surface area contributed by atoms with Crippen LogP contribution >= 0.6 is 0 Å². The first kappa shape index (κ1) is 43.8. The molecule has 0 bridgehead atoms. The van der Waals surface area contributed by atoms with Crippen LogP contribution in [-0.4, -0.2) is 87.0 Å². The molecule has 0 aliphatic rings. The summed E-state index contributed by atoms with van der Waals surface area (Å²) in [5.74, 6) is -4.84. The molecule has 0 fully saturated rings. The zero-order valence-corrected chi connectivity index (χ0v) is 30.7. The normalized spacial score (nSPS) is 11.9. The fourth-order valence-electron chi connectivity index (χ4n) is 5.07. The zero-order chi connectivity index (χ0) is 35.4. The molecule has 13 heteroatoms. The highest BCUT2D eigenvalue weighted by Crippen LogP contribution is 2.27. The molecule has 264 valence electrons. The molecule has 0 aromatic rings. The van der Waals surface area contributed by atoms with E-state index in [0.717, 1.165) is 0 Å². The van der Waals surface area contributed by atoms with Crippen LogP contribution in [0.2, 0.25) is 0 Å². The average molecular weight is 673 g/mol. The van der Waals surface area contributed by atoms with Crippen LogP contribution in [0.25, 0.3) is 0 Å². The van der Waals surface area contributed by atoms with Gasteiger partial charge in [0.25, 0.3) is 17.9 Å². The summed E-state index contributed by atoms with van der Waals surface area (Å²) in [4.78, 5) is 78.3. The molecule has 0 aliphatic heterocycles. The van der Waals surface area contributed by atoms with E-state index in [0.29, 0.717) is 77.6 Å². The number of carbonyl (C=O) groups excluding carboxylic acids is 6. The highest BCUT2D eigenvalue weighted by molar-refractivity contribution is 6.44. The first-order valence-corrected chi connectivity index (χ1v) is 18.3. The maximum absolute atomic E-state index is 13.1. The first-order chi connectivity index (χ1) is 21.8. The number of ketones is 3. The summed E-state index contributed by atoms with van der Waals surface area (Å²) in [5, 5.41) is 0. The van der Waals surface area contributed by atoms with Gasteiger partial charge in [-0.3, -0.25) is 28.8 Å². The van der Waals surface area contributed by atoms with Gasteiger partial charge in [0.2, 0.25) is 0 Å². The van der Waals surface area contributed by atoms with Gasteiger partial charge in [0, 0.05) is 19.8 Å². The van der Waals surface area contributed by atoms with Crippen LogP contribution in [-0.2, 0) is 54.3 Å². The summed E-state index contributed by atoms with van der Waals surface area (Å²) < 4.78 is 33.2. The molecule has 0 atom stereocenters. The van der Waals surface area contributed by atoms with Gasteiger partial charge in [-0.2, -0.15) is 0 Å². The Balaban J connectivity index is 6.03. The topological polar surface area (TPSA) is 158 Å². The molecule has 12 nitrogen and oxygen atoms in total. The van der Waals surface area contributed by atoms with E-state index >= 15 is 0 Å². The van der Waals surface area contributed by atoms with Gasteiger partial charge >= 0.3 is 15.1 Å². The lowest BCUT2D eigenvalue weighted by Crippen LogP contribution is -2.45. The molecule has 0 radical (unpaired) electrons. The number of carbonyl (C=O) groups is 6. The molecule has 46 heavy (non-hydrogen) atoms. The van der Waals surface area contributed by atoms with Gasteiger partial charge in [0.1, 0.15) is 36.1 Å². The van der Waals surface area contributed by atoms with Gasteiger partial charge in [-0.25, -0.2) is 0 Å². The van der Waals surface area contributed by atoms with Crippen molar-refractivity contribution in [2.24, 2.45) is 0 Å². The molecular weight excluding hydrogens is 615 g/mol. The van der Waals surface area contributed by atoms with Crippen molar-refractivity contribution in [2.45, 2.75) is 156 Å². The number of Topliss-reactive ketones (excluding diaryl/α,β-unsaturated/α-hetero) is 3. The summed E-state index contributed by atoms with van der Waals surface area (Å²) in [5.41, 5.74) is -3.62. The zero-order valence-electron chi connectivity index (χ0n) is 29.6. The lowest BCUT2D eigenvalue weighted by atomic mass is 9.90. The van der Waals surface area contributed by atoms with Crippen molar-refractivity contribution in [3.63, 3.8) is 0 Å². The van der Waals surface area contributed by atoms with Gasteiger partial charge in [-0.15, -0.1) is 0 Å². The summed E-state index contributed by atoms with van der Waals surface area (Å²) >= 11 is -3.99. The molecule has 0 unspecified atom stereocenters. The smallest absolute Gasteiger partial charge is 0.550 e. The van der Waals surface area contributed by atoms with Crippen LogP contribution in [0.5, 0.6) is 0 Å². The minimum atomic E-state index is -3.99. The van der Waals surface area contributed by atoms with Crippen molar-refractivity contribution >= 4 is 50.4 Å². The number of hydrogen-bond acceptors (Lipinski definition) is 12. The fourth-order valence-corrected chi connectivity index (χ4v) is 6.11. The van der Waals surface area contributed by atoms with E-state index in [4.69, 9.17) is 25.6 Å². The SMILES string of the molecule is CCCOC(CC)(CC)C(=O)CC(=O)[O][Al]([O]C(=O)CC(=O)C(CC)(CC)OCCC)[O]C(=O)CC(=O)C(CC)(CC)OCCC. The van der Waals surface area contributed by atoms with Crippen LogP contribution < -0.4 is 0 Å². The highest BCUT2D eigenvalue weighted by Gasteiger charge is 2.51. The Morgan fingerprint density at radius 1 is 0.413 bits per heavy atom. The third-order valence-electron chi connectivity index (χ3n) is 8.30. The number of ether oxygens (including phenoxy) is 3. The van der Waals surface area contributed by atoms with Crippen molar-refractivity contribution in [2.75, 3.05) is 19.8 Å². The van der Waals surface area contributed by atoms with E-state index in [1.807, 2.05) is 20.8 Å². The summed E-state index contributed by atoms with van der Waals surface area (Å²) in [6, 6.07) is 0. The van der Waals surface area contributed by atoms with E-state index in [2.05, 4.69) is 0 Å². The average Bonchev–Trinajstić information content (AvgIpc) is 3.03. The highest BCUT2D eigenvalue weighted by atomic mass is 27.3. The molecule has 0 saturated carbocycles. The maximum Gasteiger partial charge on any atom is 1.20 e. The minimum Gasteiger partial charge on any atom is -0.550 e. The van der Waals surface area contributed by atoms with Crippen LogP contribution in [0.1, 0.15) is 139 Å². The molecular formula is C33H57AlO12. The number of hydrogen-bond donors (Lipinski definition) is 0. The molecule has 0 heterocycles. The van der Waals surface area contributed by atoms with E-state index < -0.39 is 86.5 Å². The molecule has 0 aromatic heterocycles. The van der Waals surface area contributed by atoms with Crippen molar-refractivity contribution in [3.8, 4) is 0 Å². The Bertz CT molecular complexity index is 859. The monoisotopic (exact) mass is 672 g/mol. The predicted octanol–water partition coefficient (Wildman–Crippen LogP) is 5.43. The van der Waals surface area contributed by atoms with Gasteiger partial charge in [0.15, 0.2) is 17.3 Å². The lowest BCUT2D eigenvalue weighted by Gasteiger charge is -2.30.